The molecule has 0 fully saturated rings. The van der Waals surface area contributed by atoms with Crippen molar-refractivity contribution in [2.75, 3.05) is 19.8 Å². The molecular formula is C15H32O2. The highest BCUT2D eigenvalue weighted by molar-refractivity contribution is 4.63. The van der Waals surface area contributed by atoms with Gasteiger partial charge in [0.15, 0.2) is 0 Å². The molecule has 0 spiro atoms. The van der Waals surface area contributed by atoms with Crippen LogP contribution in [0.4, 0.5) is 0 Å². The van der Waals surface area contributed by atoms with Crippen molar-refractivity contribution in [3.05, 3.63) is 0 Å². The van der Waals surface area contributed by atoms with Gasteiger partial charge in [-0.25, -0.2) is 0 Å². The summed E-state index contributed by atoms with van der Waals surface area (Å²) in [7, 11) is 0. The molecule has 0 radical (unpaired) electrons. The van der Waals surface area contributed by atoms with Crippen LogP contribution in [0.2, 0.25) is 0 Å². The summed E-state index contributed by atoms with van der Waals surface area (Å²) < 4.78 is 5.78. The standard InChI is InChI=1S/C15H32O2/c1-13(2)9-11-17-12-15(14(3)4)8-6-5-7-10-16/h13-16H,5-12H2,1-4H3. The number of unbranched alkanes of at least 4 members (excludes halogenated alkanes) is 2. The first-order chi connectivity index (χ1) is 8.07. The summed E-state index contributed by atoms with van der Waals surface area (Å²) in [4.78, 5) is 0. The van der Waals surface area contributed by atoms with Gasteiger partial charge in [0, 0.05) is 19.8 Å². The van der Waals surface area contributed by atoms with E-state index in [1.165, 1.54) is 12.8 Å². The minimum Gasteiger partial charge on any atom is -0.396 e. The summed E-state index contributed by atoms with van der Waals surface area (Å²) in [5.41, 5.74) is 0. The van der Waals surface area contributed by atoms with E-state index in [2.05, 4.69) is 27.7 Å². The molecule has 0 heterocycles. The van der Waals surface area contributed by atoms with E-state index in [9.17, 15) is 0 Å². The van der Waals surface area contributed by atoms with Crippen molar-refractivity contribution in [1.82, 2.24) is 0 Å². The first-order valence-electron chi connectivity index (χ1n) is 7.26. The van der Waals surface area contributed by atoms with Crippen molar-refractivity contribution >= 4 is 0 Å². The Balaban J connectivity index is 3.60. The molecule has 1 unspecified atom stereocenters. The number of aliphatic hydroxyl groups is 1. The third kappa shape index (κ3) is 10.8. The topological polar surface area (TPSA) is 29.5 Å². The molecule has 0 aromatic rings. The van der Waals surface area contributed by atoms with Crippen molar-refractivity contribution in [3.63, 3.8) is 0 Å². The maximum absolute atomic E-state index is 8.74. The van der Waals surface area contributed by atoms with Crippen molar-refractivity contribution in [2.45, 2.75) is 59.8 Å². The second-order valence-corrected chi connectivity index (χ2v) is 5.83. The van der Waals surface area contributed by atoms with E-state index in [1.54, 1.807) is 0 Å². The number of hydrogen-bond donors (Lipinski definition) is 1. The first-order valence-corrected chi connectivity index (χ1v) is 7.26. The van der Waals surface area contributed by atoms with Crippen LogP contribution in [-0.2, 0) is 4.74 Å². The van der Waals surface area contributed by atoms with Gasteiger partial charge < -0.3 is 9.84 Å². The average Bonchev–Trinajstić information content (AvgIpc) is 2.26. The molecule has 0 saturated heterocycles. The Morgan fingerprint density at radius 3 is 2.18 bits per heavy atom. The lowest BCUT2D eigenvalue weighted by Crippen LogP contribution is -2.17. The number of ether oxygens (including phenoxy) is 1. The second-order valence-electron chi connectivity index (χ2n) is 5.83. The van der Waals surface area contributed by atoms with E-state index in [0.717, 1.165) is 38.4 Å². The van der Waals surface area contributed by atoms with Crippen molar-refractivity contribution < 1.29 is 9.84 Å². The third-order valence-corrected chi connectivity index (χ3v) is 3.35. The minimum absolute atomic E-state index is 0.331. The van der Waals surface area contributed by atoms with Gasteiger partial charge in [-0.05, 0) is 37.0 Å². The molecule has 0 aliphatic rings. The molecule has 0 aromatic carbocycles. The van der Waals surface area contributed by atoms with Crippen LogP contribution in [0, 0.1) is 17.8 Å². The Labute approximate surface area is 108 Å². The zero-order chi connectivity index (χ0) is 13.1. The zero-order valence-electron chi connectivity index (χ0n) is 12.2. The molecule has 1 atom stereocenters. The van der Waals surface area contributed by atoms with Crippen LogP contribution in [0.15, 0.2) is 0 Å². The van der Waals surface area contributed by atoms with E-state index in [0.29, 0.717) is 18.4 Å². The number of hydrogen-bond acceptors (Lipinski definition) is 2. The lowest BCUT2D eigenvalue weighted by Gasteiger charge is -2.21. The Kier molecular flexibility index (Phi) is 11.0. The zero-order valence-corrected chi connectivity index (χ0v) is 12.2. The van der Waals surface area contributed by atoms with Crippen molar-refractivity contribution in [3.8, 4) is 0 Å². The minimum atomic E-state index is 0.331. The number of aliphatic hydroxyl groups excluding tert-OH is 1. The average molecular weight is 244 g/mol. The van der Waals surface area contributed by atoms with Gasteiger partial charge >= 0.3 is 0 Å². The molecular weight excluding hydrogens is 212 g/mol. The Bertz CT molecular complexity index is 155. The molecule has 0 aliphatic carbocycles. The van der Waals surface area contributed by atoms with Crippen LogP contribution < -0.4 is 0 Å². The lowest BCUT2D eigenvalue weighted by atomic mass is 9.91. The second kappa shape index (κ2) is 11.0. The van der Waals surface area contributed by atoms with Gasteiger partial charge in [0.25, 0.3) is 0 Å². The maximum atomic E-state index is 8.74. The van der Waals surface area contributed by atoms with Crippen LogP contribution >= 0.6 is 0 Å². The highest BCUT2D eigenvalue weighted by atomic mass is 16.5. The molecule has 0 rings (SSSR count). The van der Waals surface area contributed by atoms with E-state index in [1.807, 2.05) is 0 Å². The summed E-state index contributed by atoms with van der Waals surface area (Å²) in [5.74, 6) is 2.11. The fourth-order valence-electron chi connectivity index (χ4n) is 1.86. The molecule has 0 aliphatic heterocycles. The van der Waals surface area contributed by atoms with E-state index < -0.39 is 0 Å². The Hall–Kier alpha value is -0.0800. The van der Waals surface area contributed by atoms with Crippen molar-refractivity contribution in [1.29, 1.82) is 0 Å². The van der Waals surface area contributed by atoms with Crippen LogP contribution in [0.3, 0.4) is 0 Å². The molecule has 2 nitrogen and oxygen atoms in total. The first kappa shape index (κ1) is 16.9. The van der Waals surface area contributed by atoms with Gasteiger partial charge in [0.05, 0.1) is 0 Å². The Morgan fingerprint density at radius 2 is 1.65 bits per heavy atom. The SMILES string of the molecule is CC(C)CCOCC(CCCCCO)C(C)C. The smallest absolute Gasteiger partial charge is 0.0496 e. The lowest BCUT2D eigenvalue weighted by molar-refractivity contribution is 0.0714. The van der Waals surface area contributed by atoms with Gasteiger partial charge in [-0.2, -0.15) is 0 Å². The quantitative estimate of drug-likeness (QED) is 0.559. The van der Waals surface area contributed by atoms with Crippen molar-refractivity contribution in [2.24, 2.45) is 17.8 Å². The summed E-state index contributed by atoms with van der Waals surface area (Å²) in [6, 6.07) is 0. The molecule has 0 aromatic heterocycles. The van der Waals surface area contributed by atoms with Crippen LogP contribution in [0.1, 0.15) is 59.8 Å². The van der Waals surface area contributed by atoms with Gasteiger partial charge in [0.1, 0.15) is 0 Å². The normalized spacial score (nSPS) is 13.6. The molecule has 2 heteroatoms. The number of rotatable bonds is 11. The summed E-state index contributed by atoms with van der Waals surface area (Å²) >= 11 is 0. The van der Waals surface area contributed by atoms with E-state index in [4.69, 9.17) is 9.84 Å². The highest BCUT2D eigenvalue weighted by Crippen LogP contribution is 2.19. The predicted molar refractivity (Wildman–Crippen MR) is 74.2 cm³/mol. The molecule has 0 amide bonds. The van der Waals surface area contributed by atoms with Crippen LogP contribution in [-0.4, -0.2) is 24.9 Å². The molecule has 0 bridgehead atoms. The Morgan fingerprint density at radius 1 is 0.941 bits per heavy atom. The summed E-state index contributed by atoms with van der Waals surface area (Å²) in [5, 5.41) is 8.74. The van der Waals surface area contributed by atoms with Crippen LogP contribution in [0.25, 0.3) is 0 Å². The summed E-state index contributed by atoms with van der Waals surface area (Å²) in [6.07, 6.45) is 5.70. The maximum Gasteiger partial charge on any atom is 0.0496 e. The molecule has 0 saturated carbocycles. The highest BCUT2D eigenvalue weighted by Gasteiger charge is 2.13. The molecule has 104 valence electrons. The van der Waals surface area contributed by atoms with Gasteiger partial charge in [-0.1, -0.05) is 40.5 Å². The monoisotopic (exact) mass is 244 g/mol. The third-order valence-electron chi connectivity index (χ3n) is 3.35. The fraction of sp³-hybridized carbons (Fsp3) is 1.00. The van der Waals surface area contributed by atoms with E-state index in [-0.39, 0.29) is 0 Å². The van der Waals surface area contributed by atoms with Gasteiger partial charge in [-0.15, -0.1) is 0 Å². The van der Waals surface area contributed by atoms with Gasteiger partial charge in [-0.3, -0.25) is 0 Å². The molecule has 1 N–H and O–H groups in total. The predicted octanol–water partition coefficient (Wildman–Crippen LogP) is 3.87. The van der Waals surface area contributed by atoms with Crippen LogP contribution in [0.5, 0.6) is 0 Å². The largest absolute Gasteiger partial charge is 0.396 e. The molecule has 17 heavy (non-hydrogen) atoms. The van der Waals surface area contributed by atoms with Gasteiger partial charge in [0.2, 0.25) is 0 Å². The summed E-state index contributed by atoms with van der Waals surface area (Å²) in [6.45, 7) is 11.2. The fourth-order valence-corrected chi connectivity index (χ4v) is 1.86. The van der Waals surface area contributed by atoms with E-state index >= 15 is 0 Å².